The van der Waals surface area contributed by atoms with Crippen LogP contribution in [0.2, 0.25) is 0 Å². The van der Waals surface area contributed by atoms with E-state index < -0.39 is 0 Å². The van der Waals surface area contributed by atoms with E-state index in [2.05, 4.69) is 29.4 Å². The van der Waals surface area contributed by atoms with Gasteiger partial charge >= 0.3 is 0 Å². The van der Waals surface area contributed by atoms with E-state index in [0.717, 1.165) is 36.3 Å². The van der Waals surface area contributed by atoms with E-state index in [1.807, 2.05) is 24.0 Å². The van der Waals surface area contributed by atoms with Gasteiger partial charge in [-0.25, -0.2) is 4.68 Å². The average Bonchev–Trinajstić information content (AvgIpc) is 3.23. The highest BCUT2D eigenvalue weighted by atomic mass is 16.5. The maximum atomic E-state index is 12.8. The summed E-state index contributed by atoms with van der Waals surface area (Å²) in [5, 5.41) is 8.52. The predicted molar refractivity (Wildman–Crippen MR) is 93.6 cm³/mol. The van der Waals surface area contributed by atoms with Crippen molar-refractivity contribution < 1.29 is 9.53 Å². The van der Waals surface area contributed by atoms with Crippen molar-refractivity contribution in [2.24, 2.45) is 0 Å². The fourth-order valence-corrected chi connectivity index (χ4v) is 3.94. The lowest BCUT2D eigenvalue weighted by atomic mass is 10.1. The lowest BCUT2D eigenvalue weighted by Crippen LogP contribution is -2.51. The van der Waals surface area contributed by atoms with Crippen molar-refractivity contribution in [3.63, 3.8) is 0 Å². The summed E-state index contributed by atoms with van der Waals surface area (Å²) in [7, 11) is 0. The van der Waals surface area contributed by atoms with E-state index in [1.165, 1.54) is 5.56 Å². The smallest absolute Gasteiger partial charge is 0.229 e. The van der Waals surface area contributed by atoms with Crippen LogP contribution in [0.3, 0.4) is 0 Å². The SMILES string of the molecule is Cc1ccc(-n2nnc(CC(=O)N3CCO[C@@H]4CCC[C@H]43)c2C)cc1. The molecule has 2 fully saturated rings. The van der Waals surface area contributed by atoms with Gasteiger partial charge in [0.1, 0.15) is 0 Å². The normalized spacial score (nSPS) is 22.9. The third-order valence-corrected chi connectivity index (χ3v) is 5.39. The van der Waals surface area contributed by atoms with Gasteiger partial charge in [0.05, 0.1) is 42.2 Å². The van der Waals surface area contributed by atoms with E-state index in [0.29, 0.717) is 19.6 Å². The number of carbonyl (C=O) groups is 1. The molecule has 132 valence electrons. The second kappa shape index (κ2) is 6.59. The maximum Gasteiger partial charge on any atom is 0.229 e. The number of morpholine rings is 1. The number of carbonyl (C=O) groups excluding carboxylic acids is 1. The third kappa shape index (κ3) is 3.06. The summed E-state index contributed by atoms with van der Waals surface area (Å²) in [6, 6.07) is 8.39. The molecule has 2 aromatic rings. The second-order valence-electron chi connectivity index (χ2n) is 7.04. The number of hydrogen-bond acceptors (Lipinski definition) is 4. The van der Waals surface area contributed by atoms with Gasteiger partial charge in [0, 0.05) is 6.54 Å². The van der Waals surface area contributed by atoms with Crippen LogP contribution < -0.4 is 0 Å². The molecule has 0 bridgehead atoms. The number of fused-ring (bicyclic) bond motifs is 1. The molecule has 0 spiro atoms. The first-order valence-corrected chi connectivity index (χ1v) is 9.03. The highest BCUT2D eigenvalue weighted by molar-refractivity contribution is 5.79. The summed E-state index contributed by atoms with van der Waals surface area (Å²) in [6.07, 6.45) is 3.78. The molecule has 6 heteroatoms. The van der Waals surface area contributed by atoms with Gasteiger partial charge in [0.15, 0.2) is 0 Å². The molecule has 6 nitrogen and oxygen atoms in total. The molecule has 1 aromatic carbocycles. The fourth-order valence-electron chi connectivity index (χ4n) is 3.94. The lowest BCUT2D eigenvalue weighted by molar-refractivity contribution is -0.143. The van der Waals surface area contributed by atoms with Crippen LogP contribution in [0.5, 0.6) is 0 Å². The number of hydrogen-bond donors (Lipinski definition) is 0. The Bertz CT molecular complexity index is 768. The van der Waals surface area contributed by atoms with Crippen molar-refractivity contribution in [1.29, 1.82) is 0 Å². The zero-order valence-electron chi connectivity index (χ0n) is 14.8. The van der Waals surface area contributed by atoms with Crippen LogP contribution in [-0.4, -0.2) is 51.1 Å². The van der Waals surface area contributed by atoms with Crippen molar-refractivity contribution in [3.8, 4) is 5.69 Å². The van der Waals surface area contributed by atoms with Crippen LogP contribution >= 0.6 is 0 Å². The Morgan fingerprint density at radius 3 is 2.84 bits per heavy atom. The van der Waals surface area contributed by atoms with Gasteiger partial charge < -0.3 is 9.64 Å². The number of rotatable bonds is 3. The number of aryl methyl sites for hydroxylation is 1. The predicted octanol–water partition coefficient (Wildman–Crippen LogP) is 2.21. The van der Waals surface area contributed by atoms with Crippen molar-refractivity contribution in [2.45, 2.75) is 51.7 Å². The molecule has 1 saturated heterocycles. The molecule has 1 amide bonds. The topological polar surface area (TPSA) is 60.2 Å². The molecule has 2 aliphatic rings. The summed E-state index contributed by atoms with van der Waals surface area (Å²) >= 11 is 0. The molecule has 0 unspecified atom stereocenters. The van der Waals surface area contributed by atoms with Gasteiger partial charge in [-0.1, -0.05) is 22.9 Å². The van der Waals surface area contributed by atoms with Gasteiger partial charge in [-0.2, -0.15) is 0 Å². The molecular weight excluding hydrogens is 316 g/mol. The summed E-state index contributed by atoms with van der Waals surface area (Å²) in [5.41, 5.74) is 3.85. The number of amides is 1. The van der Waals surface area contributed by atoms with Crippen molar-refractivity contribution >= 4 is 5.91 Å². The zero-order chi connectivity index (χ0) is 17.4. The van der Waals surface area contributed by atoms with Crippen LogP contribution in [0.1, 0.15) is 36.2 Å². The fraction of sp³-hybridized carbons (Fsp3) is 0.526. The Morgan fingerprint density at radius 1 is 1.24 bits per heavy atom. The van der Waals surface area contributed by atoms with Crippen LogP contribution in [0.4, 0.5) is 0 Å². The molecular formula is C19H24N4O2. The molecule has 1 aromatic heterocycles. The Morgan fingerprint density at radius 2 is 2.04 bits per heavy atom. The molecule has 1 aliphatic heterocycles. The summed E-state index contributed by atoms with van der Waals surface area (Å²) in [4.78, 5) is 14.9. The zero-order valence-corrected chi connectivity index (χ0v) is 14.8. The molecule has 2 heterocycles. The van der Waals surface area contributed by atoms with Gasteiger partial charge in [0.25, 0.3) is 0 Å². The minimum Gasteiger partial charge on any atom is -0.374 e. The second-order valence-corrected chi connectivity index (χ2v) is 7.04. The molecule has 2 atom stereocenters. The highest BCUT2D eigenvalue weighted by Gasteiger charge is 2.38. The third-order valence-electron chi connectivity index (χ3n) is 5.39. The number of ether oxygens (including phenoxy) is 1. The van der Waals surface area contributed by atoms with E-state index in [1.54, 1.807) is 4.68 Å². The van der Waals surface area contributed by atoms with E-state index in [4.69, 9.17) is 4.74 Å². The highest BCUT2D eigenvalue weighted by Crippen LogP contribution is 2.30. The minimum absolute atomic E-state index is 0.138. The van der Waals surface area contributed by atoms with Crippen molar-refractivity contribution in [2.75, 3.05) is 13.2 Å². The Kier molecular flexibility index (Phi) is 4.29. The minimum atomic E-state index is 0.138. The summed E-state index contributed by atoms with van der Waals surface area (Å²) in [5.74, 6) is 0.138. The molecule has 0 radical (unpaired) electrons. The van der Waals surface area contributed by atoms with Crippen LogP contribution in [0.25, 0.3) is 5.69 Å². The van der Waals surface area contributed by atoms with E-state index in [-0.39, 0.29) is 18.1 Å². The first kappa shape index (κ1) is 16.3. The molecule has 25 heavy (non-hydrogen) atoms. The quantitative estimate of drug-likeness (QED) is 0.859. The van der Waals surface area contributed by atoms with Gasteiger partial charge in [0.2, 0.25) is 5.91 Å². The number of nitrogens with zero attached hydrogens (tertiary/aromatic N) is 4. The van der Waals surface area contributed by atoms with Gasteiger partial charge in [-0.3, -0.25) is 4.79 Å². The van der Waals surface area contributed by atoms with Crippen LogP contribution in [0, 0.1) is 13.8 Å². The molecule has 1 saturated carbocycles. The largest absolute Gasteiger partial charge is 0.374 e. The Hall–Kier alpha value is -2.21. The number of aromatic nitrogens is 3. The molecule has 0 N–H and O–H groups in total. The average molecular weight is 340 g/mol. The Balaban J connectivity index is 1.51. The Labute approximate surface area is 147 Å². The molecule has 1 aliphatic carbocycles. The summed E-state index contributed by atoms with van der Waals surface area (Å²) < 4.78 is 7.61. The van der Waals surface area contributed by atoms with Crippen LogP contribution in [0.15, 0.2) is 24.3 Å². The first-order valence-electron chi connectivity index (χ1n) is 9.03. The summed E-state index contributed by atoms with van der Waals surface area (Å²) in [6.45, 7) is 5.36. The molecule has 4 rings (SSSR count). The number of benzene rings is 1. The van der Waals surface area contributed by atoms with Gasteiger partial charge in [-0.05, 0) is 45.2 Å². The van der Waals surface area contributed by atoms with E-state index in [9.17, 15) is 4.79 Å². The standard InChI is InChI=1S/C19H24N4O2/c1-13-6-8-15(9-7-13)23-14(2)16(20-21-23)12-19(24)22-10-11-25-18-5-3-4-17(18)22/h6-9,17-18H,3-5,10-12H2,1-2H3/t17-,18-/m1/s1. The lowest BCUT2D eigenvalue weighted by Gasteiger charge is -2.37. The first-order chi connectivity index (χ1) is 12.1. The maximum absolute atomic E-state index is 12.8. The van der Waals surface area contributed by atoms with Crippen molar-refractivity contribution in [1.82, 2.24) is 19.9 Å². The monoisotopic (exact) mass is 340 g/mol. The van der Waals surface area contributed by atoms with E-state index >= 15 is 0 Å². The van der Waals surface area contributed by atoms with Gasteiger partial charge in [-0.15, -0.1) is 5.10 Å². The van der Waals surface area contributed by atoms with Crippen LogP contribution in [-0.2, 0) is 16.0 Å². The van der Waals surface area contributed by atoms with Crippen molar-refractivity contribution in [3.05, 3.63) is 41.2 Å².